The van der Waals surface area contributed by atoms with Gasteiger partial charge in [-0.1, -0.05) is 0 Å². The van der Waals surface area contributed by atoms with E-state index in [9.17, 15) is 9.59 Å². The van der Waals surface area contributed by atoms with Crippen LogP contribution in [0.25, 0.3) is 0 Å². The number of hydrogen-bond acceptors (Lipinski definition) is 3. The molecular formula is C8H8O3S. The molecule has 1 aromatic rings. The zero-order valence-electron chi connectivity index (χ0n) is 6.75. The molecule has 1 rings (SSSR count). The van der Waals surface area contributed by atoms with Crippen molar-refractivity contribution in [1.82, 2.24) is 0 Å². The fourth-order valence-corrected chi connectivity index (χ4v) is 1.89. The van der Waals surface area contributed by atoms with Gasteiger partial charge in [0.15, 0.2) is 0 Å². The Labute approximate surface area is 73.6 Å². The summed E-state index contributed by atoms with van der Waals surface area (Å²) in [5, 5.41) is 8.42. The number of aliphatic carboxylic acids is 1. The highest BCUT2D eigenvalue weighted by atomic mass is 32.1. The number of carbonyl (C=O) groups excluding carboxylic acids is 1. The number of aryl methyl sites for hydroxylation is 2. The first-order chi connectivity index (χ1) is 5.52. The Balaban J connectivity index is 3.11. The molecule has 0 saturated heterocycles. The first-order valence-corrected chi connectivity index (χ1v) is 4.18. The average Bonchev–Trinajstić information content (AvgIpc) is 2.28. The van der Waals surface area contributed by atoms with Crippen molar-refractivity contribution < 1.29 is 14.7 Å². The lowest BCUT2D eigenvalue weighted by molar-refractivity contribution is -0.131. The second kappa shape index (κ2) is 3.06. The number of carboxylic acids is 1. The van der Waals surface area contributed by atoms with E-state index in [1.165, 1.54) is 11.3 Å². The molecule has 3 nitrogen and oxygen atoms in total. The lowest BCUT2D eigenvalue weighted by atomic mass is 10.1. The smallest absolute Gasteiger partial charge is 0.377 e. The zero-order valence-corrected chi connectivity index (χ0v) is 7.57. The summed E-state index contributed by atoms with van der Waals surface area (Å²) in [6.45, 7) is 3.59. The third kappa shape index (κ3) is 1.53. The molecule has 0 spiro atoms. The quantitative estimate of drug-likeness (QED) is 0.561. The van der Waals surface area contributed by atoms with Gasteiger partial charge in [0.25, 0.3) is 5.78 Å². The minimum absolute atomic E-state index is 0.310. The maximum atomic E-state index is 11.0. The molecule has 0 radical (unpaired) electrons. The van der Waals surface area contributed by atoms with Crippen molar-refractivity contribution in [2.75, 3.05) is 0 Å². The largest absolute Gasteiger partial charge is 0.475 e. The fourth-order valence-electron chi connectivity index (χ4n) is 0.971. The van der Waals surface area contributed by atoms with Crippen molar-refractivity contribution in [3.63, 3.8) is 0 Å². The van der Waals surface area contributed by atoms with Crippen molar-refractivity contribution >= 4 is 23.1 Å². The number of hydrogen-bond donors (Lipinski definition) is 1. The van der Waals surface area contributed by atoms with Crippen LogP contribution in [0.4, 0.5) is 0 Å². The summed E-state index contributed by atoms with van der Waals surface area (Å²) in [7, 11) is 0. The van der Waals surface area contributed by atoms with Gasteiger partial charge in [0.1, 0.15) is 0 Å². The monoisotopic (exact) mass is 184 g/mol. The minimum Gasteiger partial charge on any atom is -0.475 e. The molecule has 1 N–H and O–H groups in total. The van der Waals surface area contributed by atoms with E-state index in [1.807, 2.05) is 6.92 Å². The summed E-state index contributed by atoms with van der Waals surface area (Å²) in [5.41, 5.74) is 0.310. The van der Waals surface area contributed by atoms with E-state index in [-0.39, 0.29) is 0 Å². The molecule has 0 amide bonds. The van der Waals surface area contributed by atoms with Crippen LogP contribution in [0.5, 0.6) is 0 Å². The van der Waals surface area contributed by atoms with Crippen LogP contribution in [0.3, 0.4) is 0 Å². The molecule has 12 heavy (non-hydrogen) atoms. The summed E-state index contributed by atoms with van der Waals surface area (Å²) < 4.78 is 0. The highest BCUT2D eigenvalue weighted by Crippen LogP contribution is 2.20. The molecule has 0 fully saturated rings. The number of thiophene rings is 1. The van der Waals surface area contributed by atoms with Crippen LogP contribution >= 0.6 is 11.3 Å². The molecular weight excluding hydrogens is 176 g/mol. The van der Waals surface area contributed by atoms with Crippen LogP contribution in [0, 0.1) is 13.8 Å². The van der Waals surface area contributed by atoms with E-state index in [4.69, 9.17) is 5.11 Å². The van der Waals surface area contributed by atoms with Gasteiger partial charge in [-0.05, 0) is 19.9 Å². The predicted octanol–water partition coefficient (Wildman–Crippen LogP) is 1.63. The SMILES string of the molecule is Cc1cc(C(=O)C(=O)O)c(C)s1. The van der Waals surface area contributed by atoms with Crippen molar-refractivity contribution in [2.45, 2.75) is 13.8 Å². The van der Waals surface area contributed by atoms with Crippen LogP contribution in [0.15, 0.2) is 6.07 Å². The normalized spacial score (nSPS) is 9.83. The van der Waals surface area contributed by atoms with Gasteiger partial charge in [0.05, 0.1) is 0 Å². The van der Waals surface area contributed by atoms with E-state index in [0.29, 0.717) is 5.56 Å². The van der Waals surface area contributed by atoms with Gasteiger partial charge >= 0.3 is 5.97 Å². The topological polar surface area (TPSA) is 54.4 Å². The molecule has 0 aliphatic rings. The first-order valence-electron chi connectivity index (χ1n) is 3.37. The predicted molar refractivity (Wildman–Crippen MR) is 45.8 cm³/mol. The Morgan fingerprint density at radius 3 is 2.33 bits per heavy atom. The summed E-state index contributed by atoms with van der Waals surface area (Å²) in [5.74, 6) is -2.22. The zero-order chi connectivity index (χ0) is 9.30. The Morgan fingerprint density at radius 1 is 1.42 bits per heavy atom. The van der Waals surface area contributed by atoms with E-state index in [2.05, 4.69) is 0 Å². The third-order valence-electron chi connectivity index (χ3n) is 1.48. The minimum atomic E-state index is -1.39. The Bertz CT molecular complexity index is 338. The highest BCUT2D eigenvalue weighted by molar-refractivity contribution is 7.12. The van der Waals surface area contributed by atoms with E-state index < -0.39 is 11.8 Å². The van der Waals surface area contributed by atoms with Gasteiger partial charge < -0.3 is 5.11 Å². The molecule has 0 aliphatic carbocycles. The summed E-state index contributed by atoms with van der Waals surface area (Å²) >= 11 is 1.43. The second-order valence-corrected chi connectivity index (χ2v) is 3.92. The van der Waals surface area contributed by atoms with E-state index in [0.717, 1.165) is 9.75 Å². The molecule has 64 valence electrons. The Hall–Kier alpha value is -1.16. The third-order valence-corrected chi connectivity index (χ3v) is 2.45. The lowest BCUT2D eigenvalue weighted by Gasteiger charge is -1.90. The Morgan fingerprint density at radius 2 is 2.00 bits per heavy atom. The first kappa shape index (κ1) is 8.93. The number of ketones is 1. The molecule has 0 saturated carbocycles. The number of carbonyl (C=O) groups is 2. The van der Waals surface area contributed by atoms with Gasteiger partial charge in [-0.15, -0.1) is 11.3 Å². The lowest BCUT2D eigenvalue weighted by Crippen LogP contribution is -2.12. The molecule has 1 aromatic heterocycles. The Kier molecular flexibility index (Phi) is 2.28. The van der Waals surface area contributed by atoms with Crippen LogP contribution < -0.4 is 0 Å². The highest BCUT2D eigenvalue weighted by Gasteiger charge is 2.18. The average molecular weight is 184 g/mol. The molecule has 4 heteroatoms. The fraction of sp³-hybridized carbons (Fsp3) is 0.250. The van der Waals surface area contributed by atoms with Crippen LogP contribution in [-0.4, -0.2) is 16.9 Å². The van der Waals surface area contributed by atoms with E-state index in [1.54, 1.807) is 13.0 Å². The van der Waals surface area contributed by atoms with Gasteiger partial charge in [-0.3, -0.25) is 4.79 Å². The van der Waals surface area contributed by atoms with Crippen LogP contribution in [0.2, 0.25) is 0 Å². The van der Waals surface area contributed by atoms with Crippen LogP contribution in [0.1, 0.15) is 20.1 Å². The van der Waals surface area contributed by atoms with Crippen molar-refractivity contribution in [3.8, 4) is 0 Å². The molecule has 0 aliphatic heterocycles. The maximum Gasteiger partial charge on any atom is 0.377 e. The summed E-state index contributed by atoms with van der Waals surface area (Å²) in [4.78, 5) is 23.0. The van der Waals surface area contributed by atoms with Crippen molar-refractivity contribution in [1.29, 1.82) is 0 Å². The molecule has 1 heterocycles. The molecule has 0 atom stereocenters. The van der Waals surface area contributed by atoms with E-state index >= 15 is 0 Å². The molecule has 0 aromatic carbocycles. The number of Topliss-reactive ketones (excluding diaryl/α,β-unsaturated/α-hetero) is 1. The second-order valence-electron chi connectivity index (χ2n) is 2.46. The van der Waals surface area contributed by atoms with Crippen molar-refractivity contribution in [2.24, 2.45) is 0 Å². The van der Waals surface area contributed by atoms with Crippen molar-refractivity contribution in [3.05, 3.63) is 21.4 Å². The van der Waals surface area contributed by atoms with Gasteiger partial charge in [-0.2, -0.15) is 0 Å². The summed E-state index contributed by atoms with van der Waals surface area (Å²) in [6.07, 6.45) is 0. The maximum absolute atomic E-state index is 11.0. The number of rotatable bonds is 2. The number of carboxylic acid groups (broad SMARTS) is 1. The van der Waals surface area contributed by atoms with Gasteiger partial charge in [-0.25, -0.2) is 4.79 Å². The van der Waals surface area contributed by atoms with Gasteiger partial charge in [0.2, 0.25) is 0 Å². The molecule has 0 unspecified atom stereocenters. The molecule has 0 bridgehead atoms. The van der Waals surface area contributed by atoms with Crippen LogP contribution in [-0.2, 0) is 4.79 Å². The summed E-state index contributed by atoms with van der Waals surface area (Å²) in [6, 6.07) is 1.61. The van der Waals surface area contributed by atoms with Gasteiger partial charge in [0, 0.05) is 15.3 Å². The standard InChI is InChI=1S/C8H8O3S/c1-4-3-6(5(2)12-4)7(9)8(10)11/h3H,1-2H3,(H,10,11).